The summed E-state index contributed by atoms with van der Waals surface area (Å²) < 4.78 is 28.1. The molecule has 10 nitrogen and oxygen atoms in total. The van der Waals surface area contributed by atoms with E-state index in [0.717, 1.165) is 5.56 Å². The molecule has 0 fully saturated rings. The van der Waals surface area contributed by atoms with E-state index >= 15 is 0 Å². The minimum atomic E-state index is -2.15. The molecule has 2 atom stereocenters. The van der Waals surface area contributed by atoms with Gasteiger partial charge in [0.1, 0.15) is 18.8 Å². The Hall–Kier alpha value is -4.88. The molecule has 3 aromatic rings. The molecule has 0 saturated carbocycles. The lowest BCUT2D eigenvalue weighted by atomic mass is 9.76. The van der Waals surface area contributed by atoms with Crippen molar-refractivity contribution in [3.63, 3.8) is 0 Å². The van der Waals surface area contributed by atoms with Gasteiger partial charge in [0.05, 0.1) is 6.07 Å². The number of amides is 1. The van der Waals surface area contributed by atoms with Crippen molar-refractivity contribution in [2.75, 3.05) is 13.6 Å². The summed E-state index contributed by atoms with van der Waals surface area (Å²) >= 11 is 0. The van der Waals surface area contributed by atoms with Crippen LogP contribution in [0.25, 0.3) is 6.08 Å². The van der Waals surface area contributed by atoms with Gasteiger partial charge in [-0.05, 0) is 41.5 Å². The van der Waals surface area contributed by atoms with Gasteiger partial charge in [-0.3, -0.25) is 0 Å². The van der Waals surface area contributed by atoms with Crippen LogP contribution in [-0.2, 0) is 12.1 Å². The van der Waals surface area contributed by atoms with Gasteiger partial charge in [-0.2, -0.15) is 5.26 Å². The van der Waals surface area contributed by atoms with E-state index in [9.17, 15) is 20.3 Å². The minimum absolute atomic E-state index is 0.0200. The Morgan fingerprint density at radius 1 is 1.08 bits per heavy atom. The second kappa shape index (κ2) is 8.65. The average molecular weight is 499 g/mol. The summed E-state index contributed by atoms with van der Waals surface area (Å²) in [5.74, 6) is 1.55. The van der Waals surface area contributed by atoms with E-state index < -0.39 is 17.7 Å². The maximum Gasteiger partial charge on any atom is 0.231 e. The fourth-order valence-electron chi connectivity index (χ4n) is 4.77. The van der Waals surface area contributed by atoms with Crippen LogP contribution in [0.1, 0.15) is 28.4 Å². The number of ether oxygens (including phenoxy) is 5. The largest absolute Gasteiger partial charge is 0.530 e. The summed E-state index contributed by atoms with van der Waals surface area (Å²) in [4.78, 5) is 12.9. The first-order chi connectivity index (χ1) is 18.0. The average Bonchev–Trinajstić information content (AvgIpc) is 3.59. The zero-order valence-corrected chi connectivity index (χ0v) is 19.2. The van der Waals surface area contributed by atoms with Crippen molar-refractivity contribution < 1.29 is 38.7 Å². The first-order valence-corrected chi connectivity index (χ1v) is 11.3. The minimum Gasteiger partial charge on any atom is -0.530 e. The number of benzene rings is 3. The second-order valence-electron chi connectivity index (χ2n) is 8.52. The van der Waals surface area contributed by atoms with Gasteiger partial charge < -0.3 is 43.6 Å². The summed E-state index contributed by atoms with van der Waals surface area (Å²) in [6.07, 6.45) is -0.724. The van der Waals surface area contributed by atoms with E-state index in [2.05, 4.69) is 0 Å². The summed E-state index contributed by atoms with van der Waals surface area (Å²) in [6, 6.07) is 17.6. The number of carbonyl (C=O) groups is 1. The summed E-state index contributed by atoms with van der Waals surface area (Å²) in [7, 11) is 0. The van der Waals surface area contributed by atoms with Gasteiger partial charge in [0.15, 0.2) is 28.5 Å². The van der Waals surface area contributed by atoms with Crippen molar-refractivity contribution in [1.29, 1.82) is 5.26 Å². The second-order valence-corrected chi connectivity index (χ2v) is 8.52. The highest BCUT2D eigenvalue weighted by Crippen LogP contribution is 2.53. The molecule has 0 aliphatic carbocycles. The summed E-state index contributed by atoms with van der Waals surface area (Å²) in [5, 5.41) is 34.7. The molecular weight excluding hydrogens is 480 g/mol. The molecule has 10 heteroatoms. The van der Waals surface area contributed by atoms with Crippen LogP contribution in [0.15, 0.2) is 60.8 Å². The maximum absolute atomic E-state index is 12.3. The highest BCUT2D eigenvalue weighted by atomic mass is 16.7. The van der Waals surface area contributed by atoms with Crippen molar-refractivity contribution in [2.24, 2.45) is 0 Å². The van der Waals surface area contributed by atoms with Gasteiger partial charge in [0.2, 0.25) is 19.3 Å². The molecule has 37 heavy (non-hydrogen) atoms. The summed E-state index contributed by atoms with van der Waals surface area (Å²) in [5.41, 5.74) is -0.487. The normalized spacial score (nSPS) is 19.2. The van der Waals surface area contributed by atoms with E-state index in [1.165, 1.54) is 24.4 Å². The number of nitrogens with zero attached hydrogens (tertiary/aromatic N) is 2. The third-order valence-electron chi connectivity index (χ3n) is 6.55. The number of rotatable bonds is 5. The Bertz CT molecular complexity index is 1470. The van der Waals surface area contributed by atoms with Crippen LogP contribution >= 0.6 is 0 Å². The van der Waals surface area contributed by atoms with E-state index in [0.29, 0.717) is 27.7 Å². The molecule has 0 radical (unpaired) electrons. The number of hydrogen-bond acceptors (Lipinski definition) is 9. The maximum atomic E-state index is 12.3. The Kier molecular flexibility index (Phi) is 5.28. The zero-order valence-electron chi connectivity index (χ0n) is 19.2. The zero-order chi connectivity index (χ0) is 25.6. The van der Waals surface area contributed by atoms with Gasteiger partial charge in [0.25, 0.3) is 0 Å². The van der Waals surface area contributed by atoms with Crippen LogP contribution < -0.4 is 28.8 Å². The lowest BCUT2D eigenvalue weighted by Crippen LogP contribution is -2.55. The molecule has 0 spiro atoms. The van der Waals surface area contributed by atoms with Crippen molar-refractivity contribution in [2.45, 2.75) is 18.2 Å². The van der Waals surface area contributed by atoms with Crippen LogP contribution in [0.2, 0.25) is 0 Å². The van der Waals surface area contributed by atoms with Crippen molar-refractivity contribution in [1.82, 2.24) is 4.90 Å². The van der Waals surface area contributed by atoms with Crippen LogP contribution in [-0.4, -0.2) is 29.7 Å². The van der Waals surface area contributed by atoms with Crippen LogP contribution in [0.4, 0.5) is 4.79 Å². The molecule has 3 aliphatic rings. The van der Waals surface area contributed by atoms with Gasteiger partial charge in [0, 0.05) is 17.3 Å². The first kappa shape index (κ1) is 22.6. The Morgan fingerprint density at radius 3 is 2.57 bits per heavy atom. The predicted octanol–water partition coefficient (Wildman–Crippen LogP) is 2.81. The lowest BCUT2D eigenvalue weighted by Gasteiger charge is -2.44. The topological polar surface area (TPSA) is 134 Å². The molecule has 6 rings (SSSR count). The van der Waals surface area contributed by atoms with E-state index in [1.807, 2.05) is 36.4 Å². The Morgan fingerprint density at radius 2 is 1.81 bits per heavy atom. The van der Waals surface area contributed by atoms with Gasteiger partial charge in [-0.15, -0.1) is 0 Å². The lowest BCUT2D eigenvalue weighted by molar-refractivity contribution is -0.269. The number of carboxylic acid groups (broad SMARTS) is 1. The molecule has 1 amide bonds. The number of aliphatic hydroxyl groups excluding tert-OH is 1. The quantitative estimate of drug-likeness (QED) is 0.562. The third-order valence-corrected chi connectivity index (χ3v) is 6.55. The molecule has 0 bridgehead atoms. The number of aliphatic hydroxyl groups is 1. The molecule has 3 aliphatic heterocycles. The van der Waals surface area contributed by atoms with Gasteiger partial charge in [-0.1, -0.05) is 30.3 Å². The summed E-state index contributed by atoms with van der Waals surface area (Å²) in [6.45, 7) is 0.0490. The number of nitriles is 1. The van der Waals surface area contributed by atoms with Crippen LogP contribution in [0, 0.1) is 11.3 Å². The first-order valence-electron chi connectivity index (χ1n) is 11.3. The smallest absolute Gasteiger partial charge is 0.231 e. The molecule has 3 heterocycles. The van der Waals surface area contributed by atoms with Crippen LogP contribution in [0.3, 0.4) is 0 Å². The molecule has 0 aromatic heterocycles. The van der Waals surface area contributed by atoms with Gasteiger partial charge in [-0.25, -0.2) is 0 Å². The molecule has 2 unspecified atom stereocenters. The van der Waals surface area contributed by atoms with Crippen molar-refractivity contribution in [3.05, 3.63) is 83.1 Å². The molecule has 186 valence electrons. The van der Waals surface area contributed by atoms with Crippen molar-refractivity contribution >= 4 is 12.2 Å². The number of hydrogen-bond donors (Lipinski definition) is 1. The monoisotopic (exact) mass is 499 g/mol. The highest BCUT2D eigenvalue weighted by molar-refractivity contribution is 5.76. The fraction of sp³-hybridized carbons (Fsp3) is 0.185. The third kappa shape index (κ3) is 3.48. The van der Waals surface area contributed by atoms with Crippen LogP contribution in [0.5, 0.6) is 28.7 Å². The van der Waals surface area contributed by atoms with Gasteiger partial charge >= 0.3 is 0 Å². The molecule has 0 saturated heterocycles. The Labute approximate surface area is 211 Å². The van der Waals surface area contributed by atoms with E-state index in [1.54, 1.807) is 12.1 Å². The number of fused-ring (bicyclic) bond motifs is 3. The number of carbonyl (C=O) groups excluding carboxylic acids is 1. The van der Waals surface area contributed by atoms with Crippen molar-refractivity contribution in [3.8, 4) is 34.8 Å². The molecule has 3 aromatic carbocycles. The predicted molar refractivity (Wildman–Crippen MR) is 124 cm³/mol. The molecule has 1 N–H and O–H groups in total. The molecular formula is C27H19N2O8-. The standard InChI is InChI=1S/C27H20N2O8/c28-13-27(19-11-22-21(35-14-36-22)10-17(19)8-9-29(27)26(31)32)25(30)18-6-7-20-24(37-15-34-20)23(18)33-12-16-4-2-1-3-5-16/h1-11,25,30H,12,14-15H2,(H,31,32)/p-1. The SMILES string of the molecule is N#CC1(C(O)c2ccc3c(c2OCc2ccccc2)OCO3)c2cc3c(cc2C=CN1C(=O)[O-])OCO3. The Balaban J connectivity index is 1.51. The highest BCUT2D eigenvalue weighted by Gasteiger charge is 2.51. The fourth-order valence-corrected chi connectivity index (χ4v) is 4.77. The van der Waals surface area contributed by atoms with E-state index in [-0.39, 0.29) is 42.8 Å². The van der Waals surface area contributed by atoms with E-state index in [4.69, 9.17) is 23.7 Å².